The first-order valence-corrected chi connectivity index (χ1v) is 10.4. The number of aromatic nitrogens is 4. The van der Waals surface area contributed by atoms with E-state index < -0.39 is 0 Å². The van der Waals surface area contributed by atoms with Crippen LogP contribution in [0.4, 0.5) is 5.82 Å². The van der Waals surface area contributed by atoms with E-state index in [9.17, 15) is 0 Å². The van der Waals surface area contributed by atoms with Gasteiger partial charge < -0.3 is 15.0 Å². The Labute approximate surface area is 179 Å². The summed E-state index contributed by atoms with van der Waals surface area (Å²) in [6.07, 6.45) is 3.09. The summed E-state index contributed by atoms with van der Waals surface area (Å²) in [5.41, 5.74) is 3.28. The molecule has 3 heterocycles. The van der Waals surface area contributed by atoms with Gasteiger partial charge in [0.2, 0.25) is 0 Å². The smallest absolute Gasteiger partial charge is 0.182 e. The molecule has 29 heavy (non-hydrogen) atoms. The van der Waals surface area contributed by atoms with Crippen molar-refractivity contribution in [2.24, 2.45) is 0 Å². The number of ether oxygens (including phenoxy) is 1. The molecule has 3 aromatic rings. The molecular formula is C20H24Cl2N6O. The number of benzene rings is 1. The highest BCUT2D eigenvalue weighted by Gasteiger charge is 2.35. The van der Waals surface area contributed by atoms with Crippen molar-refractivity contribution in [3.8, 4) is 5.75 Å². The number of hydrogen-bond acceptors (Lipinski definition) is 6. The molecular weight excluding hydrogens is 411 g/mol. The topological polar surface area (TPSA) is 79.0 Å². The molecule has 0 bridgehead atoms. The third-order valence-electron chi connectivity index (χ3n) is 5.53. The standard InChI is InChI=1S/C20H24Cl2N6O/c1-10(2)28-6-12(7-28)15-16(22)14(21)5-13(18(15)29-4)11(3)27-20-17-19(24-8-23-17)25-9-26-20/h5,8-12H,6-7H2,1-4H3,(H2,23,24,25,26,27). The quantitative estimate of drug-likeness (QED) is 0.587. The molecule has 1 aliphatic rings. The van der Waals surface area contributed by atoms with Gasteiger partial charge in [0.05, 0.1) is 29.5 Å². The molecule has 1 fully saturated rings. The summed E-state index contributed by atoms with van der Waals surface area (Å²) in [4.78, 5) is 18.2. The van der Waals surface area contributed by atoms with Gasteiger partial charge >= 0.3 is 0 Å². The number of hydrogen-bond donors (Lipinski definition) is 2. The average molecular weight is 435 g/mol. The van der Waals surface area contributed by atoms with Crippen molar-refractivity contribution in [1.82, 2.24) is 24.8 Å². The van der Waals surface area contributed by atoms with E-state index in [1.807, 2.05) is 13.0 Å². The zero-order chi connectivity index (χ0) is 20.7. The van der Waals surface area contributed by atoms with E-state index in [2.05, 4.69) is 44.0 Å². The van der Waals surface area contributed by atoms with Crippen molar-refractivity contribution >= 4 is 40.2 Å². The number of rotatable bonds is 6. The van der Waals surface area contributed by atoms with E-state index in [1.165, 1.54) is 6.33 Å². The second kappa shape index (κ2) is 7.97. The summed E-state index contributed by atoms with van der Waals surface area (Å²) in [6.45, 7) is 8.31. The Balaban J connectivity index is 1.69. The predicted molar refractivity (Wildman–Crippen MR) is 116 cm³/mol. The molecule has 1 aromatic carbocycles. The molecule has 0 spiro atoms. The molecule has 1 atom stereocenters. The Bertz CT molecular complexity index is 1030. The number of fused-ring (bicyclic) bond motifs is 1. The number of nitrogens with one attached hydrogen (secondary N) is 2. The fourth-order valence-corrected chi connectivity index (χ4v) is 4.35. The van der Waals surface area contributed by atoms with Gasteiger partial charge in [-0.05, 0) is 26.8 Å². The lowest BCUT2D eigenvalue weighted by Gasteiger charge is -2.43. The molecule has 154 valence electrons. The highest BCUT2D eigenvalue weighted by Crippen LogP contribution is 2.46. The van der Waals surface area contributed by atoms with Crippen molar-refractivity contribution in [2.75, 3.05) is 25.5 Å². The van der Waals surface area contributed by atoms with Gasteiger partial charge in [-0.2, -0.15) is 0 Å². The summed E-state index contributed by atoms with van der Waals surface area (Å²) in [5, 5.41) is 4.53. The lowest BCUT2D eigenvalue weighted by molar-refractivity contribution is 0.108. The van der Waals surface area contributed by atoms with Gasteiger partial charge in [-0.1, -0.05) is 23.2 Å². The normalized spacial score (nSPS) is 16.2. The summed E-state index contributed by atoms with van der Waals surface area (Å²) < 4.78 is 5.84. The zero-order valence-electron chi connectivity index (χ0n) is 16.8. The Morgan fingerprint density at radius 3 is 2.66 bits per heavy atom. The minimum Gasteiger partial charge on any atom is -0.496 e. The fraction of sp³-hybridized carbons (Fsp3) is 0.450. The maximum absolute atomic E-state index is 6.63. The van der Waals surface area contributed by atoms with E-state index >= 15 is 0 Å². The fourth-order valence-electron chi connectivity index (χ4n) is 3.84. The van der Waals surface area contributed by atoms with Crippen LogP contribution in [0.25, 0.3) is 11.2 Å². The number of halogens is 2. The highest BCUT2D eigenvalue weighted by molar-refractivity contribution is 6.42. The Morgan fingerprint density at radius 1 is 1.21 bits per heavy atom. The van der Waals surface area contributed by atoms with Crippen LogP contribution in [0.15, 0.2) is 18.7 Å². The molecule has 0 aliphatic carbocycles. The van der Waals surface area contributed by atoms with Crippen LogP contribution in [0.3, 0.4) is 0 Å². The van der Waals surface area contributed by atoms with Gasteiger partial charge in [-0.15, -0.1) is 0 Å². The third-order valence-corrected chi connectivity index (χ3v) is 6.33. The SMILES string of the molecule is COc1c(C(C)Nc2ncnc3nc[nH]c23)cc(Cl)c(Cl)c1C1CN(C(C)C)C1. The number of nitrogens with zero attached hydrogens (tertiary/aromatic N) is 4. The second-order valence-corrected chi connectivity index (χ2v) is 8.43. The van der Waals surface area contributed by atoms with Crippen LogP contribution in [0.5, 0.6) is 5.75 Å². The maximum atomic E-state index is 6.63. The van der Waals surface area contributed by atoms with Crippen molar-refractivity contribution in [3.63, 3.8) is 0 Å². The van der Waals surface area contributed by atoms with Crippen LogP contribution in [-0.2, 0) is 0 Å². The second-order valence-electron chi connectivity index (χ2n) is 7.64. The van der Waals surface area contributed by atoms with Gasteiger partial charge in [0.25, 0.3) is 0 Å². The van der Waals surface area contributed by atoms with E-state index in [4.69, 9.17) is 27.9 Å². The Kier molecular flexibility index (Phi) is 5.55. The van der Waals surface area contributed by atoms with Gasteiger partial charge in [-0.3, -0.25) is 4.90 Å². The Hall–Kier alpha value is -2.09. The minimum absolute atomic E-state index is 0.124. The summed E-state index contributed by atoms with van der Waals surface area (Å²) >= 11 is 13.2. The molecule has 2 aromatic heterocycles. The molecule has 2 N–H and O–H groups in total. The third kappa shape index (κ3) is 3.63. The number of aromatic amines is 1. The first-order chi connectivity index (χ1) is 13.9. The maximum Gasteiger partial charge on any atom is 0.182 e. The number of methoxy groups -OCH3 is 1. The van der Waals surface area contributed by atoms with Crippen molar-refractivity contribution < 1.29 is 4.74 Å². The van der Waals surface area contributed by atoms with Crippen LogP contribution >= 0.6 is 23.2 Å². The molecule has 0 amide bonds. The molecule has 1 unspecified atom stereocenters. The average Bonchev–Trinajstić information content (AvgIpc) is 3.13. The van der Waals surface area contributed by atoms with Crippen LogP contribution in [0.2, 0.25) is 10.0 Å². The molecule has 0 radical (unpaired) electrons. The van der Waals surface area contributed by atoms with Gasteiger partial charge in [0.1, 0.15) is 17.6 Å². The number of imidazole rings is 1. The summed E-state index contributed by atoms with van der Waals surface area (Å²) in [6, 6.07) is 2.25. The number of likely N-dealkylation sites (tertiary alicyclic amines) is 1. The number of H-pyrrole nitrogens is 1. The van der Waals surface area contributed by atoms with E-state index in [1.54, 1.807) is 13.4 Å². The van der Waals surface area contributed by atoms with Crippen molar-refractivity contribution in [1.29, 1.82) is 0 Å². The molecule has 7 nitrogen and oxygen atoms in total. The van der Waals surface area contributed by atoms with Crippen LogP contribution in [0.1, 0.15) is 43.9 Å². The van der Waals surface area contributed by atoms with Crippen LogP contribution < -0.4 is 10.1 Å². The lowest BCUT2D eigenvalue weighted by atomic mass is 9.87. The molecule has 1 saturated heterocycles. The first-order valence-electron chi connectivity index (χ1n) is 9.61. The Morgan fingerprint density at radius 2 is 1.97 bits per heavy atom. The predicted octanol–water partition coefficient (Wildman–Crippen LogP) is 4.65. The lowest BCUT2D eigenvalue weighted by Crippen LogP contribution is -2.48. The van der Waals surface area contributed by atoms with Gasteiger partial charge in [0.15, 0.2) is 11.5 Å². The van der Waals surface area contributed by atoms with Gasteiger partial charge in [0, 0.05) is 36.2 Å². The zero-order valence-corrected chi connectivity index (χ0v) is 18.3. The molecule has 0 saturated carbocycles. The van der Waals surface area contributed by atoms with Gasteiger partial charge in [-0.25, -0.2) is 15.0 Å². The highest BCUT2D eigenvalue weighted by atomic mass is 35.5. The minimum atomic E-state index is -0.124. The monoisotopic (exact) mass is 434 g/mol. The first kappa shape index (κ1) is 20.2. The molecule has 4 rings (SSSR count). The number of anilines is 1. The summed E-state index contributed by atoms with van der Waals surface area (Å²) in [5.74, 6) is 1.75. The van der Waals surface area contributed by atoms with E-state index in [0.29, 0.717) is 33.5 Å². The van der Waals surface area contributed by atoms with E-state index in [-0.39, 0.29) is 6.04 Å². The summed E-state index contributed by atoms with van der Waals surface area (Å²) in [7, 11) is 1.68. The van der Waals surface area contributed by atoms with Crippen LogP contribution in [0, 0.1) is 0 Å². The molecule has 9 heteroatoms. The van der Waals surface area contributed by atoms with Crippen molar-refractivity contribution in [2.45, 2.75) is 38.8 Å². The molecule has 1 aliphatic heterocycles. The van der Waals surface area contributed by atoms with Crippen molar-refractivity contribution in [3.05, 3.63) is 39.9 Å². The van der Waals surface area contributed by atoms with E-state index in [0.717, 1.165) is 35.5 Å². The van der Waals surface area contributed by atoms with Crippen LogP contribution in [-0.4, -0.2) is 51.1 Å². The largest absolute Gasteiger partial charge is 0.496 e.